The van der Waals surface area contributed by atoms with Gasteiger partial charge in [-0.25, -0.2) is 0 Å². The minimum Gasteiger partial charge on any atom is -0.497 e. The van der Waals surface area contributed by atoms with Gasteiger partial charge in [0.05, 0.1) is 7.11 Å². The van der Waals surface area contributed by atoms with Gasteiger partial charge in [0.1, 0.15) is 5.75 Å². The van der Waals surface area contributed by atoms with Crippen molar-refractivity contribution in [1.82, 2.24) is 15.1 Å². The molecule has 2 aliphatic rings. The van der Waals surface area contributed by atoms with E-state index in [1.807, 2.05) is 23.1 Å². The maximum atomic E-state index is 13.0. The van der Waals surface area contributed by atoms with Crippen molar-refractivity contribution in [3.05, 3.63) is 64.7 Å². The lowest BCUT2D eigenvalue weighted by Gasteiger charge is -2.25. The van der Waals surface area contributed by atoms with Gasteiger partial charge in [-0.2, -0.15) is 0 Å². The maximum Gasteiger partial charge on any atom is 0.253 e. The first-order valence-corrected chi connectivity index (χ1v) is 10.1. The second kappa shape index (κ2) is 8.25. The van der Waals surface area contributed by atoms with Gasteiger partial charge in [-0.1, -0.05) is 12.1 Å². The minimum absolute atomic E-state index is 0.0380. The van der Waals surface area contributed by atoms with Gasteiger partial charge in [0.15, 0.2) is 0 Å². The van der Waals surface area contributed by atoms with Crippen LogP contribution in [0.2, 0.25) is 0 Å². The first kappa shape index (κ1) is 19.5. The highest BCUT2D eigenvalue weighted by molar-refractivity contribution is 5.96. The molecule has 152 valence electrons. The number of methoxy groups -OCH3 is 1. The summed E-state index contributed by atoms with van der Waals surface area (Å²) < 4.78 is 5.18. The Labute approximate surface area is 171 Å². The lowest BCUT2D eigenvalue weighted by molar-refractivity contribution is 0.0783. The molecule has 4 rings (SSSR count). The Morgan fingerprint density at radius 2 is 1.93 bits per heavy atom. The second-order valence-corrected chi connectivity index (χ2v) is 7.91. The molecular formula is C23H27N3O3. The van der Waals surface area contributed by atoms with E-state index < -0.39 is 0 Å². The van der Waals surface area contributed by atoms with Crippen LogP contribution in [0.25, 0.3) is 0 Å². The van der Waals surface area contributed by atoms with E-state index in [9.17, 15) is 9.59 Å². The van der Waals surface area contributed by atoms with Crippen LogP contribution in [0.15, 0.2) is 42.5 Å². The predicted molar refractivity (Wildman–Crippen MR) is 111 cm³/mol. The zero-order chi connectivity index (χ0) is 20.4. The van der Waals surface area contributed by atoms with E-state index in [1.165, 1.54) is 11.1 Å². The molecule has 1 saturated heterocycles. The fourth-order valence-electron chi connectivity index (χ4n) is 4.11. The van der Waals surface area contributed by atoms with Crippen molar-refractivity contribution in [3.8, 4) is 5.75 Å². The second-order valence-electron chi connectivity index (χ2n) is 7.91. The molecule has 2 aromatic carbocycles. The SMILES string of the molecule is COc1cccc(C(=O)N[C@@H]2CCN(C(=O)c3ccc4c(c3)CCN(C)C4)C2)c1. The number of likely N-dealkylation sites (tertiary alicyclic amines) is 1. The minimum atomic E-state index is -0.138. The third-order valence-corrected chi connectivity index (χ3v) is 5.80. The summed E-state index contributed by atoms with van der Waals surface area (Å²) >= 11 is 0. The lowest BCUT2D eigenvalue weighted by Crippen LogP contribution is -2.38. The quantitative estimate of drug-likeness (QED) is 0.866. The molecule has 0 unspecified atom stereocenters. The number of nitrogens with zero attached hydrogens (tertiary/aromatic N) is 2. The van der Waals surface area contributed by atoms with Crippen molar-refractivity contribution < 1.29 is 14.3 Å². The number of likely N-dealkylation sites (N-methyl/N-ethyl adjacent to an activating group) is 1. The van der Waals surface area contributed by atoms with Crippen LogP contribution in [-0.4, -0.2) is 61.4 Å². The number of hydrogen-bond acceptors (Lipinski definition) is 4. The third kappa shape index (κ3) is 4.27. The topological polar surface area (TPSA) is 61.9 Å². The van der Waals surface area contributed by atoms with Gasteiger partial charge in [-0.05, 0) is 61.3 Å². The molecule has 0 aliphatic carbocycles. The smallest absolute Gasteiger partial charge is 0.253 e. The van der Waals surface area contributed by atoms with Crippen LogP contribution >= 0.6 is 0 Å². The summed E-state index contributed by atoms with van der Waals surface area (Å²) in [5, 5.41) is 3.04. The van der Waals surface area contributed by atoms with Gasteiger partial charge in [0, 0.05) is 43.3 Å². The van der Waals surface area contributed by atoms with E-state index in [1.54, 1.807) is 25.3 Å². The summed E-state index contributed by atoms with van der Waals surface area (Å²) in [5.74, 6) is 0.561. The maximum absolute atomic E-state index is 13.0. The molecule has 0 spiro atoms. The highest BCUT2D eigenvalue weighted by Gasteiger charge is 2.29. The first-order chi connectivity index (χ1) is 14.0. The molecule has 0 saturated carbocycles. The molecule has 29 heavy (non-hydrogen) atoms. The van der Waals surface area contributed by atoms with Crippen molar-refractivity contribution in [2.24, 2.45) is 0 Å². The molecule has 6 nitrogen and oxygen atoms in total. The molecule has 2 amide bonds. The zero-order valence-corrected chi connectivity index (χ0v) is 17.0. The fourth-order valence-corrected chi connectivity index (χ4v) is 4.11. The number of amides is 2. The van der Waals surface area contributed by atoms with Crippen molar-refractivity contribution in [1.29, 1.82) is 0 Å². The highest BCUT2D eigenvalue weighted by atomic mass is 16.5. The summed E-state index contributed by atoms with van der Waals surface area (Å²) in [5.41, 5.74) is 3.89. The van der Waals surface area contributed by atoms with Crippen LogP contribution in [0.1, 0.15) is 38.3 Å². The van der Waals surface area contributed by atoms with Crippen molar-refractivity contribution in [2.45, 2.75) is 25.4 Å². The van der Waals surface area contributed by atoms with Gasteiger partial charge in [-0.3, -0.25) is 9.59 Å². The average molecular weight is 393 g/mol. The fraction of sp³-hybridized carbons (Fsp3) is 0.391. The van der Waals surface area contributed by atoms with Gasteiger partial charge < -0.3 is 19.9 Å². The summed E-state index contributed by atoms with van der Waals surface area (Å²) in [6, 6.07) is 13.1. The monoisotopic (exact) mass is 393 g/mol. The predicted octanol–water partition coefficient (Wildman–Crippen LogP) is 2.33. The van der Waals surface area contributed by atoms with E-state index in [0.717, 1.165) is 31.5 Å². The molecular weight excluding hydrogens is 366 g/mol. The lowest BCUT2D eigenvalue weighted by atomic mass is 9.97. The van der Waals surface area contributed by atoms with Crippen LogP contribution in [0.5, 0.6) is 5.75 Å². The Hall–Kier alpha value is -2.86. The average Bonchev–Trinajstić information content (AvgIpc) is 3.21. The molecule has 6 heteroatoms. The molecule has 1 atom stereocenters. The molecule has 0 radical (unpaired) electrons. The summed E-state index contributed by atoms with van der Waals surface area (Å²) in [6.45, 7) is 3.15. The van der Waals surface area contributed by atoms with Gasteiger partial charge >= 0.3 is 0 Å². The number of carbonyl (C=O) groups is 2. The van der Waals surface area contributed by atoms with Crippen LogP contribution in [0.4, 0.5) is 0 Å². The van der Waals surface area contributed by atoms with E-state index in [-0.39, 0.29) is 17.9 Å². The third-order valence-electron chi connectivity index (χ3n) is 5.80. The molecule has 1 N–H and O–H groups in total. The molecule has 0 bridgehead atoms. The van der Waals surface area contributed by atoms with Crippen LogP contribution < -0.4 is 10.1 Å². The first-order valence-electron chi connectivity index (χ1n) is 10.1. The number of ether oxygens (including phenoxy) is 1. The molecule has 2 aromatic rings. The Morgan fingerprint density at radius 3 is 2.76 bits per heavy atom. The molecule has 0 aromatic heterocycles. The molecule has 1 fully saturated rings. The van der Waals surface area contributed by atoms with E-state index in [2.05, 4.69) is 23.3 Å². The number of carbonyl (C=O) groups excluding carboxylic acids is 2. The van der Waals surface area contributed by atoms with Crippen molar-refractivity contribution >= 4 is 11.8 Å². The van der Waals surface area contributed by atoms with Crippen molar-refractivity contribution in [3.63, 3.8) is 0 Å². The van der Waals surface area contributed by atoms with Gasteiger partial charge in [0.2, 0.25) is 0 Å². The zero-order valence-electron chi connectivity index (χ0n) is 17.0. The highest BCUT2D eigenvalue weighted by Crippen LogP contribution is 2.22. The van der Waals surface area contributed by atoms with Gasteiger partial charge in [0.25, 0.3) is 11.8 Å². The Morgan fingerprint density at radius 1 is 1.07 bits per heavy atom. The number of rotatable bonds is 4. The number of hydrogen-bond donors (Lipinski definition) is 1. The van der Waals surface area contributed by atoms with Gasteiger partial charge in [-0.15, -0.1) is 0 Å². The van der Waals surface area contributed by atoms with E-state index in [0.29, 0.717) is 24.4 Å². The normalized spacial score (nSPS) is 19.0. The summed E-state index contributed by atoms with van der Waals surface area (Å²) in [4.78, 5) is 29.6. The number of nitrogens with one attached hydrogen (secondary N) is 1. The molecule has 2 aliphatic heterocycles. The van der Waals surface area contributed by atoms with Crippen LogP contribution in [0.3, 0.4) is 0 Å². The largest absolute Gasteiger partial charge is 0.497 e. The van der Waals surface area contributed by atoms with Crippen molar-refractivity contribution in [2.75, 3.05) is 33.8 Å². The van der Waals surface area contributed by atoms with Crippen LogP contribution in [0, 0.1) is 0 Å². The number of benzene rings is 2. The Kier molecular flexibility index (Phi) is 5.53. The van der Waals surface area contributed by atoms with E-state index >= 15 is 0 Å². The summed E-state index contributed by atoms with van der Waals surface area (Å²) in [6.07, 6.45) is 1.74. The standard InChI is InChI=1S/C23H27N3O3/c1-25-10-8-16-12-18(6-7-19(16)14-25)23(28)26-11-9-20(15-26)24-22(27)17-4-3-5-21(13-17)29-2/h3-7,12-13,20H,8-11,14-15H2,1-2H3,(H,24,27)/t20-/m1/s1. The number of fused-ring (bicyclic) bond motifs is 1. The van der Waals surface area contributed by atoms with Crippen LogP contribution in [-0.2, 0) is 13.0 Å². The summed E-state index contributed by atoms with van der Waals surface area (Å²) in [7, 11) is 3.70. The van der Waals surface area contributed by atoms with E-state index in [4.69, 9.17) is 4.74 Å². The molecule has 2 heterocycles. The Balaban J connectivity index is 1.38. The Bertz CT molecular complexity index is 927.